The molecule has 1 saturated carbocycles. The summed E-state index contributed by atoms with van der Waals surface area (Å²) in [6.45, 7) is 8.13. The Hall–Kier alpha value is -0.340. The number of allylic oxidation sites excluding steroid dienone is 2. The number of hydrogen-bond donors (Lipinski definition) is 2. The van der Waals surface area contributed by atoms with Crippen LogP contribution in [0.3, 0.4) is 0 Å². The summed E-state index contributed by atoms with van der Waals surface area (Å²) >= 11 is 0. The first-order valence-electron chi connectivity index (χ1n) is 6.89. The normalized spacial score (nSPS) is 39.2. The highest BCUT2D eigenvalue weighted by molar-refractivity contribution is 5.24. The first kappa shape index (κ1) is 13.1. The number of rotatable bonds is 1. The maximum atomic E-state index is 10.3. The summed E-state index contributed by atoms with van der Waals surface area (Å²) in [4.78, 5) is 0. The number of aliphatic hydroxyl groups excluding tert-OH is 1. The molecule has 0 spiro atoms. The molecule has 4 atom stereocenters. The van der Waals surface area contributed by atoms with Gasteiger partial charge in [0.15, 0.2) is 0 Å². The summed E-state index contributed by atoms with van der Waals surface area (Å²) in [7, 11) is 0. The summed E-state index contributed by atoms with van der Waals surface area (Å²) in [6.07, 6.45) is 3.80. The number of fused-ring (bicyclic) bond motifs is 1. The molecule has 0 saturated heterocycles. The van der Waals surface area contributed by atoms with E-state index in [1.807, 2.05) is 13.8 Å². The number of hydrogen-bond acceptors (Lipinski definition) is 2. The Morgan fingerprint density at radius 1 is 1.29 bits per heavy atom. The molecule has 1 fully saturated rings. The van der Waals surface area contributed by atoms with E-state index in [0.29, 0.717) is 11.8 Å². The molecule has 0 aromatic carbocycles. The van der Waals surface area contributed by atoms with E-state index in [1.165, 1.54) is 24.0 Å². The minimum absolute atomic E-state index is 0.0157. The van der Waals surface area contributed by atoms with Crippen molar-refractivity contribution in [2.75, 3.05) is 0 Å². The van der Waals surface area contributed by atoms with Crippen LogP contribution in [0.25, 0.3) is 0 Å². The van der Waals surface area contributed by atoms with Crippen molar-refractivity contribution in [3.05, 3.63) is 11.1 Å². The van der Waals surface area contributed by atoms with Crippen molar-refractivity contribution in [2.24, 2.45) is 17.8 Å². The van der Waals surface area contributed by atoms with E-state index in [4.69, 9.17) is 0 Å². The van der Waals surface area contributed by atoms with Crippen molar-refractivity contribution in [2.45, 2.75) is 65.1 Å². The molecule has 0 aromatic heterocycles. The quantitative estimate of drug-likeness (QED) is 0.690. The molecule has 98 valence electrons. The van der Waals surface area contributed by atoms with Crippen molar-refractivity contribution in [1.82, 2.24) is 0 Å². The second kappa shape index (κ2) is 4.40. The van der Waals surface area contributed by atoms with Gasteiger partial charge in [-0.3, -0.25) is 0 Å². The zero-order chi connectivity index (χ0) is 12.8. The standard InChI is InChI=1S/C15H26O2/c1-9-5-6-11-10(2)7-14(16)13(8-12(9)11)15(3,4)17/h10-11,13-14,16-17H,5-8H2,1-4H3/t10-,11+,13-,14+/m1/s1. The minimum Gasteiger partial charge on any atom is -0.393 e. The van der Waals surface area contributed by atoms with Crippen LogP contribution in [0.4, 0.5) is 0 Å². The first-order chi connectivity index (χ1) is 7.80. The summed E-state index contributed by atoms with van der Waals surface area (Å²) in [5.74, 6) is 1.18. The second-order valence-corrected chi connectivity index (χ2v) is 6.70. The molecule has 2 rings (SSSR count). The SMILES string of the molecule is CC1=C2C[C@@H](C(C)(C)O)[C@@H](O)C[C@@H](C)[C@@H]2CC1. The highest BCUT2D eigenvalue weighted by Gasteiger charge is 2.41. The Labute approximate surface area is 105 Å². The van der Waals surface area contributed by atoms with Gasteiger partial charge in [0.25, 0.3) is 0 Å². The minimum atomic E-state index is -0.788. The maximum Gasteiger partial charge on any atom is 0.0647 e. The smallest absolute Gasteiger partial charge is 0.0647 e. The predicted octanol–water partition coefficient (Wildman–Crippen LogP) is 2.89. The predicted molar refractivity (Wildman–Crippen MR) is 69.6 cm³/mol. The third kappa shape index (κ3) is 2.43. The third-order valence-electron chi connectivity index (χ3n) is 4.94. The zero-order valence-electron chi connectivity index (χ0n) is 11.5. The lowest BCUT2D eigenvalue weighted by atomic mass is 9.81. The molecule has 2 aliphatic carbocycles. The van der Waals surface area contributed by atoms with Crippen LogP contribution >= 0.6 is 0 Å². The van der Waals surface area contributed by atoms with Gasteiger partial charge in [0.2, 0.25) is 0 Å². The lowest BCUT2D eigenvalue weighted by molar-refractivity contribution is -0.0489. The zero-order valence-corrected chi connectivity index (χ0v) is 11.5. The van der Waals surface area contributed by atoms with Gasteiger partial charge < -0.3 is 10.2 Å². The Bertz CT molecular complexity index is 324. The van der Waals surface area contributed by atoms with Crippen LogP contribution in [0.5, 0.6) is 0 Å². The van der Waals surface area contributed by atoms with Crippen LogP contribution in [-0.4, -0.2) is 21.9 Å². The summed E-state index contributed by atoms with van der Waals surface area (Å²) in [5.41, 5.74) is 2.25. The summed E-state index contributed by atoms with van der Waals surface area (Å²) in [6, 6.07) is 0. The molecular weight excluding hydrogens is 212 g/mol. The maximum absolute atomic E-state index is 10.3. The van der Waals surface area contributed by atoms with Gasteiger partial charge in [-0.1, -0.05) is 18.1 Å². The fraction of sp³-hybridized carbons (Fsp3) is 0.867. The van der Waals surface area contributed by atoms with Crippen molar-refractivity contribution in [3.63, 3.8) is 0 Å². The topological polar surface area (TPSA) is 40.5 Å². The van der Waals surface area contributed by atoms with Gasteiger partial charge in [-0.05, 0) is 58.3 Å². The Kier molecular flexibility index (Phi) is 3.39. The van der Waals surface area contributed by atoms with Gasteiger partial charge in [-0.2, -0.15) is 0 Å². The van der Waals surface area contributed by atoms with Crippen LogP contribution in [0.15, 0.2) is 11.1 Å². The van der Waals surface area contributed by atoms with Crippen LogP contribution in [0.1, 0.15) is 53.4 Å². The van der Waals surface area contributed by atoms with E-state index in [9.17, 15) is 10.2 Å². The van der Waals surface area contributed by atoms with Gasteiger partial charge in [-0.15, -0.1) is 0 Å². The largest absolute Gasteiger partial charge is 0.393 e. The molecule has 2 N–H and O–H groups in total. The lowest BCUT2D eigenvalue weighted by Gasteiger charge is -2.32. The lowest BCUT2D eigenvalue weighted by Crippen LogP contribution is -2.39. The van der Waals surface area contributed by atoms with E-state index < -0.39 is 5.60 Å². The van der Waals surface area contributed by atoms with Gasteiger partial charge >= 0.3 is 0 Å². The highest BCUT2D eigenvalue weighted by atomic mass is 16.3. The number of aliphatic hydroxyl groups is 2. The average molecular weight is 238 g/mol. The van der Waals surface area contributed by atoms with Gasteiger partial charge in [0.1, 0.15) is 0 Å². The second-order valence-electron chi connectivity index (χ2n) is 6.70. The van der Waals surface area contributed by atoms with Crippen molar-refractivity contribution in [3.8, 4) is 0 Å². The molecule has 0 heterocycles. The molecule has 0 aliphatic heterocycles. The molecule has 0 aromatic rings. The van der Waals surface area contributed by atoms with E-state index in [1.54, 1.807) is 0 Å². The van der Waals surface area contributed by atoms with Crippen LogP contribution in [-0.2, 0) is 0 Å². The highest BCUT2D eigenvalue weighted by Crippen LogP contribution is 2.47. The molecule has 0 bridgehead atoms. The summed E-state index contributed by atoms with van der Waals surface area (Å²) in [5, 5.41) is 20.6. The molecule has 2 heteroatoms. The first-order valence-corrected chi connectivity index (χ1v) is 6.89. The molecular formula is C15H26O2. The molecule has 17 heavy (non-hydrogen) atoms. The Morgan fingerprint density at radius 3 is 2.53 bits per heavy atom. The third-order valence-corrected chi connectivity index (χ3v) is 4.94. The van der Waals surface area contributed by atoms with Gasteiger partial charge in [0.05, 0.1) is 11.7 Å². The van der Waals surface area contributed by atoms with Crippen molar-refractivity contribution >= 4 is 0 Å². The Balaban J connectivity index is 2.31. The Morgan fingerprint density at radius 2 is 1.94 bits per heavy atom. The molecule has 2 aliphatic rings. The van der Waals surface area contributed by atoms with Crippen LogP contribution in [0, 0.1) is 17.8 Å². The van der Waals surface area contributed by atoms with Crippen molar-refractivity contribution < 1.29 is 10.2 Å². The fourth-order valence-electron chi connectivity index (χ4n) is 3.78. The van der Waals surface area contributed by atoms with E-state index >= 15 is 0 Å². The van der Waals surface area contributed by atoms with Gasteiger partial charge in [0, 0.05) is 5.92 Å². The molecule has 2 nitrogen and oxygen atoms in total. The molecule has 0 unspecified atom stereocenters. The van der Waals surface area contributed by atoms with Crippen LogP contribution in [0.2, 0.25) is 0 Å². The van der Waals surface area contributed by atoms with E-state index in [-0.39, 0.29) is 12.0 Å². The van der Waals surface area contributed by atoms with E-state index in [2.05, 4.69) is 13.8 Å². The van der Waals surface area contributed by atoms with E-state index in [0.717, 1.165) is 12.8 Å². The van der Waals surface area contributed by atoms with Crippen LogP contribution < -0.4 is 0 Å². The molecule has 0 radical (unpaired) electrons. The summed E-state index contributed by atoms with van der Waals surface area (Å²) < 4.78 is 0. The van der Waals surface area contributed by atoms with Crippen molar-refractivity contribution in [1.29, 1.82) is 0 Å². The monoisotopic (exact) mass is 238 g/mol. The van der Waals surface area contributed by atoms with Gasteiger partial charge in [-0.25, -0.2) is 0 Å². The fourth-order valence-corrected chi connectivity index (χ4v) is 3.78. The average Bonchev–Trinajstić information content (AvgIpc) is 2.47. The molecule has 0 amide bonds.